The Morgan fingerprint density at radius 2 is 2.08 bits per heavy atom. The first-order chi connectivity index (χ1) is 11.4. The zero-order valence-electron chi connectivity index (χ0n) is 13.9. The van der Waals surface area contributed by atoms with E-state index in [0.29, 0.717) is 19.2 Å². The molecule has 0 spiro atoms. The number of urea groups is 1. The number of nitrogens with two attached hydrogens (primary N) is 1. The van der Waals surface area contributed by atoms with E-state index < -0.39 is 10.0 Å². The summed E-state index contributed by atoms with van der Waals surface area (Å²) in [6, 6.07) is 5.98. The Kier molecular flexibility index (Phi) is 6.59. The quantitative estimate of drug-likeness (QED) is 0.772. The van der Waals surface area contributed by atoms with Crippen LogP contribution < -0.4 is 10.5 Å². The van der Waals surface area contributed by atoms with Crippen molar-refractivity contribution in [2.45, 2.75) is 43.2 Å². The number of hydrogen-bond donors (Lipinski definition) is 2. The SMILES string of the molecule is CN(CCC[C@H]1CCCO1)C(=O)NCc1ccc(S(N)(=O)=O)cc1. The fraction of sp³-hybridized carbons (Fsp3) is 0.562. The van der Waals surface area contributed by atoms with Gasteiger partial charge in [-0.05, 0) is 43.4 Å². The maximum atomic E-state index is 12.0. The van der Waals surface area contributed by atoms with Gasteiger partial charge in [-0.15, -0.1) is 0 Å². The number of rotatable bonds is 7. The fourth-order valence-electron chi connectivity index (χ4n) is 2.64. The van der Waals surface area contributed by atoms with E-state index in [0.717, 1.165) is 37.9 Å². The average Bonchev–Trinajstić information content (AvgIpc) is 3.05. The molecule has 3 N–H and O–H groups in total. The molecule has 0 aliphatic carbocycles. The number of nitrogens with zero attached hydrogens (tertiary/aromatic N) is 1. The summed E-state index contributed by atoms with van der Waals surface area (Å²) in [4.78, 5) is 13.7. The minimum Gasteiger partial charge on any atom is -0.378 e. The molecular formula is C16H25N3O4S. The van der Waals surface area contributed by atoms with Crippen molar-refractivity contribution < 1.29 is 17.9 Å². The van der Waals surface area contributed by atoms with Crippen LogP contribution in [0.15, 0.2) is 29.2 Å². The smallest absolute Gasteiger partial charge is 0.317 e. The van der Waals surface area contributed by atoms with Crippen LogP contribution >= 0.6 is 0 Å². The molecule has 0 aromatic heterocycles. The van der Waals surface area contributed by atoms with Gasteiger partial charge in [-0.3, -0.25) is 0 Å². The number of carbonyl (C=O) groups is 1. The van der Waals surface area contributed by atoms with Gasteiger partial charge >= 0.3 is 6.03 Å². The first kappa shape index (κ1) is 18.7. The summed E-state index contributed by atoms with van der Waals surface area (Å²) in [7, 11) is -1.93. The van der Waals surface area contributed by atoms with E-state index in [1.165, 1.54) is 12.1 Å². The fourth-order valence-corrected chi connectivity index (χ4v) is 3.15. The predicted molar refractivity (Wildman–Crippen MR) is 90.9 cm³/mol. The molecule has 134 valence electrons. The molecule has 0 radical (unpaired) electrons. The molecule has 1 fully saturated rings. The van der Waals surface area contributed by atoms with Crippen molar-refractivity contribution >= 4 is 16.1 Å². The second kappa shape index (κ2) is 8.46. The molecule has 1 aliphatic heterocycles. The van der Waals surface area contributed by atoms with Crippen LogP contribution in [0, 0.1) is 0 Å². The summed E-state index contributed by atoms with van der Waals surface area (Å²) in [5, 5.41) is 7.86. The number of ether oxygens (including phenoxy) is 1. The van der Waals surface area contributed by atoms with Crippen molar-refractivity contribution in [3.8, 4) is 0 Å². The summed E-state index contributed by atoms with van der Waals surface area (Å²) < 4.78 is 27.9. The molecule has 2 rings (SSSR count). The van der Waals surface area contributed by atoms with Gasteiger partial charge < -0.3 is 15.0 Å². The second-order valence-electron chi connectivity index (χ2n) is 6.05. The largest absolute Gasteiger partial charge is 0.378 e. The van der Waals surface area contributed by atoms with Gasteiger partial charge in [-0.25, -0.2) is 18.4 Å². The van der Waals surface area contributed by atoms with E-state index in [9.17, 15) is 13.2 Å². The van der Waals surface area contributed by atoms with Crippen molar-refractivity contribution in [3.05, 3.63) is 29.8 Å². The number of amides is 2. The highest BCUT2D eigenvalue weighted by Gasteiger charge is 2.16. The van der Waals surface area contributed by atoms with E-state index in [4.69, 9.17) is 9.88 Å². The van der Waals surface area contributed by atoms with Gasteiger partial charge in [0.2, 0.25) is 10.0 Å². The monoisotopic (exact) mass is 355 g/mol. The third-order valence-electron chi connectivity index (χ3n) is 4.09. The highest BCUT2D eigenvalue weighted by molar-refractivity contribution is 7.89. The van der Waals surface area contributed by atoms with E-state index in [-0.39, 0.29) is 10.9 Å². The summed E-state index contributed by atoms with van der Waals surface area (Å²) in [5.41, 5.74) is 0.809. The Hall–Kier alpha value is -1.64. The molecule has 0 unspecified atom stereocenters. The number of benzene rings is 1. The van der Waals surface area contributed by atoms with Gasteiger partial charge in [0.15, 0.2) is 0 Å². The Morgan fingerprint density at radius 3 is 2.67 bits per heavy atom. The Morgan fingerprint density at radius 1 is 1.38 bits per heavy atom. The molecule has 24 heavy (non-hydrogen) atoms. The number of hydrogen-bond acceptors (Lipinski definition) is 4. The molecule has 0 bridgehead atoms. The van der Waals surface area contributed by atoms with E-state index in [1.807, 2.05) is 0 Å². The summed E-state index contributed by atoms with van der Waals surface area (Å²) >= 11 is 0. The van der Waals surface area contributed by atoms with Crippen LogP contribution in [0.2, 0.25) is 0 Å². The normalized spacial score (nSPS) is 17.7. The number of primary sulfonamides is 1. The van der Waals surface area contributed by atoms with Crippen molar-refractivity contribution in [2.24, 2.45) is 5.14 Å². The molecule has 1 saturated heterocycles. The third kappa shape index (κ3) is 5.77. The lowest BCUT2D eigenvalue weighted by Crippen LogP contribution is -2.37. The number of nitrogens with one attached hydrogen (secondary N) is 1. The minimum absolute atomic E-state index is 0.0591. The van der Waals surface area contributed by atoms with Gasteiger partial charge in [0.1, 0.15) is 0 Å². The molecule has 1 aliphatic rings. The van der Waals surface area contributed by atoms with Gasteiger partial charge in [0.25, 0.3) is 0 Å². The molecule has 1 heterocycles. The summed E-state index contributed by atoms with van der Waals surface area (Å²) in [6.45, 7) is 1.86. The molecule has 8 heteroatoms. The zero-order chi connectivity index (χ0) is 17.6. The number of carbonyl (C=O) groups excluding carboxylic acids is 1. The lowest BCUT2D eigenvalue weighted by molar-refractivity contribution is 0.100. The number of sulfonamides is 1. The second-order valence-corrected chi connectivity index (χ2v) is 7.61. The summed E-state index contributed by atoms with van der Waals surface area (Å²) in [5.74, 6) is 0. The molecule has 7 nitrogen and oxygen atoms in total. The van der Waals surface area contributed by atoms with Crippen LogP contribution in [-0.2, 0) is 21.3 Å². The molecule has 1 atom stereocenters. The Bertz CT molecular complexity index is 640. The van der Waals surface area contributed by atoms with Gasteiger partial charge in [0.05, 0.1) is 11.0 Å². The van der Waals surface area contributed by atoms with E-state index in [1.54, 1.807) is 24.1 Å². The first-order valence-electron chi connectivity index (χ1n) is 8.08. The van der Waals surface area contributed by atoms with Crippen LogP contribution in [0.1, 0.15) is 31.2 Å². The van der Waals surface area contributed by atoms with Crippen LogP contribution in [0.4, 0.5) is 4.79 Å². The minimum atomic E-state index is -3.69. The van der Waals surface area contributed by atoms with E-state index in [2.05, 4.69) is 5.32 Å². The van der Waals surface area contributed by atoms with Crippen LogP contribution in [0.3, 0.4) is 0 Å². The van der Waals surface area contributed by atoms with Crippen molar-refractivity contribution in [3.63, 3.8) is 0 Å². The van der Waals surface area contributed by atoms with Gasteiger partial charge in [-0.1, -0.05) is 12.1 Å². The standard InChI is InChI=1S/C16H25N3O4S/c1-19(10-2-4-14-5-3-11-23-14)16(20)18-12-13-6-8-15(9-7-13)24(17,21)22/h6-9,14H,2-5,10-12H2,1H3,(H,18,20)(H2,17,21,22)/t14-/m0/s1. The van der Waals surface area contributed by atoms with Gasteiger partial charge in [0, 0.05) is 26.7 Å². The average molecular weight is 355 g/mol. The van der Waals surface area contributed by atoms with Crippen LogP contribution in [0.5, 0.6) is 0 Å². The van der Waals surface area contributed by atoms with Crippen molar-refractivity contribution in [1.82, 2.24) is 10.2 Å². The first-order valence-corrected chi connectivity index (χ1v) is 9.63. The van der Waals surface area contributed by atoms with Crippen molar-refractivity contribution in [1.29, 1.82) is 0 Å². The summed E-state index contributed by atoms with van der Waals surface area (Å²) in [6.07, 6.45) is 4.48. The maximum absolute atomic E-state index is 12.0. The molecular weight excluding hydrogens is 330 g/mol. The molecule has 1 aromatic carbocycles. The lowest BCUT2D eigenvalue weighted by atomic mass is 10.1. The van der Waals surface area contributed by atoms with Crippen LogP contribution in [-0.4, -0.2) is 45.7 Å². The highest BCUT2D eigenvalue weighted by Crippen LogP contribution is 2.16. The molecule has 1 aromatic rings. The highest BCUT2D eigenvalue weighted by atomic mass is 32.2. The molecule has 2 amide bonds. The maximum Gasteiger partial charge on any atom is 0.317 e. The van der Waals surface area contributed by atoms with Crippen LogP contribution in [0.25, 0.3) is 0 Å². The molecule has 0 saturated carbocycles. The Labute approximate surface area is 143 Å². The van der Waals surface area contributed by atoms with Gasteiger partial charge in [-0.2, -0.15) is 0 Å². The Balaban J connectivity index is 1.71. The topological polar surface area (TPSA) is 102 Å². The predicted octanol–water partition coefficient (Wildman–Crippen LogP) is 1.43. The third-order valence-corrected chi connectivity index (χ3v) is 5.02. The van der Waals surface area contributed by atoms with Crippen molar-refractivity contribution in [2.75, 3.05) is 20.2 Å². The lowest BCUT2D eigenvalue weighted by Gasteiger charge is -2.19. The zero-order valence-corrected chi connectivity index (χ0v) is 14.7. The van der Waals surface area contributed by atoms with E-state index >= 15 is 0 Å².